The molecule has 3 aromatic rings. The van der Waals surface area contributed by atoms with Gasteiger partial charge >= 0.3 is 10.8 Å². The molecule has 0 atom stereocenters. The number of aromatic amines is 1. The summed E-state index contributed by atoms with van der Waals surface area (Å²) in [4.78, 5) is 30.9. The first-order valence-electron chi connectivity index (χ1n) is 10.8. The monoisotopic (exact) mass is 500 g/mol. The molecule has 0 unspecified atom stereocenters. The number of nitrogens with one attached hydrogen (secondary N) is 2. The fourth-order valence-electron chi connectivity index (χ4n) is 3.53. The van der Waals surface area contributed by atoms with Crippen molar-refractivity contribution in [3.05, 3.63) is 73.2 Å². The van der Waals surface area contributed by atoms with Crippen LogP contribution in [0.15, 0.2) is 35.6 Å². The number of phenolic OH excluding ortho intramolecular Hbond substituents is 1. The molecule has 9 nitrogen and oxygen atoms in total. The third-order valence-corrected chi connectivity index (χ3v) is 6.27. The van der Waals surface area contributed by atoms with Gasteiger partial charge in [0.15, 0.2) is 0 Å². The van der Waals surface area contributed by atoms with Gasteiger partial charge in [0.25, 0.3) is 0 Å². The lowest BCUT2D eigenvalue weighted by atomic mass is 9.96. The first-order valence-corrected chi connectivity index (χ1v) is 11.6. The van der Waals surface area contributed by atoms with Crippen LogP contribution in [0.5, 0.6) is 23.1 Å². The molecule has 0 fully saturated rings. The van der Waals surface area contributed by atoms with Crippen molar-refractivity contribution in [1.82, 2.24) is 10.5 Å². The topological polar surface area (TPSA) is 130 Å². The van der Waals surface area contributed by atoms with Gasteiger partial charge in [0, 0.05) is 24.5 Å². The molecule has 0 aliphatic carbocycles. The number of hydrogen-bond acceptors (Lipinski definition) is 9. The fourth-order valence-corrected chi connectivity index (χ4v) is 4.28. The predicted molar refractivity (Wildman–Crippen MR) is 133 cm³/mol. The number of aromatic nitrogens is 1. The molecule has 0 spiro atoms. The van der Waals surface area contributed by atoms with Crippen LogP contribution in [0.2, 0.25) is 0 Å². The second kappa shape index (κ2) is 11.1. The van der Waals surface area contributed by atoms with Gasteiger partial charge in [-0.15, -0.1) is 0 Å². The molecule has 186 valence electrons. The largest absolute Gasteiger partial charge is 0.507 e. The van der Waals surface area contributed by atoms with Gasteiger partial charge in [0.1, 0.15) is 30.5 Å². The summed E-state index contributed by atoms with van der Waals surface area (Å²) < 4.78 is 11.0. The van der Waals surface area contributed by atoms with E-state index in [1.165, 1.54) is 6.92 Å². The molecule has 1 aromatic heterocycles. The van der Waals surface area contributed by atoms with Gasteiger partial charge in [-0.3, -0.25) is 24.9 Å². The van der Waals surface area contributed by atoms with Crippen LogP contribution in [0.4, 0.5) is 0 Å². The van der Waals surface area contributed by atoms with Crippen molar-refractivity contribution >= 4 is 23.0 Å². The van der Waals surface area contributed by atoms with E-state index in [9.17, 15) is 19.8 Å². The minimum Gasteiger partial charge on any atom is -0.507 e. The second-order valence-electron chi connectivity index (χ2n) is 7.91. The van der Waals surface area contributed by atoms with E-state index in [2.05, 4.69) is 17.0 Å². The van der Waals surface area contributed by atoms with Crippen LogP contribution in [0, 0.1) is 20.8 Å². The van der Waals surface area contributed by atoms with E-state index in [4.69, 9.17) is 14.3 Å². The molecular weight excluding hydrogens is 472 g/mol. The van der Waals surface area contributed by atoms with Gasteiger partial charge in [0.05, 0.1) is 10.6 Å². The van der Waals surface area contributed by atoms with Crippen molar-refractivity contribution < 1.29 is 29.3 Å². The zero-order valence-electron chi connectivity index (χ0n) is 20.0. The third kappa shape index (κ3) is 6.23. The van der Waals surface area contributed by atoms with Gasteiger partial charge in [-0.25, -0.2) is 0 Å². The van der Waals surface area contributed by atoms with Crippen LogP contribution in [-0.2, 0) is 16.1 Å². The smallest absolute Gasteiger partial charge is 0.308 e. The Morgan fingerprint density at radius 3 is 2.37 bits per heavy atom. The van der Waals surface area contributed by atoms with Crippen LogP contribution >= 0.6 is 11.3 Å². The first-order chi connectivity index (χ1) is 16.6. The zero-order valence-corrected chi connectivity index (χ0v) is 20.8. The number of aromatic hydroxyl groups is 2. The highest BCUT2D eigenvalue weighted by Crippen LogP contribution is 2.39. The Labute approximate surface area is 206 Å². The Bertz CT molecular complexity index is 1290. The zero-order chi connectivity index (χ0) is 25.7. The van der Waals surface area contributed by atoms with Crippen LogP contribution in [0.25, 0.3) is 5.70 Å². The quantitative estimate of drug-likeness (QED) is 0.143. The molecule has 2 aromatic carbocycles. The molecule has 3 rings (SSSR count). The predicted octanol–water partition coefficient (Wildman–Crippen LogP) is 3.86. The highest BCUT2D eigenvalue weighted by molar-refractivity contribution is 7.09. The maximum Gasteiger partial charge on any atom is 0.308 e. The van der Waals surface area contributed by atoms with E-state index in [1.807, 2.05) is 12.1 Å². The molecule has 0 amide bonds. The number of hydrogen-bond donors (Lipinski definition) is 4. The molecule has 0 aliphatic rings. The molecule has 0 saturated carbocycles. The van der Waals surface area contributed by atoms with E-state index in [1.54, 1.807) is 32.9 Å². The van der Waals surface area contributed by atoms with Gasteiger partial charge in [0.2, 0.25) is 5.88 Å². The van der Waals surface area contributed by atoms with Crippen molar-refractivity contribution in [3.63, 3.8) is 0 Å². The van der Waals surface area contributed by atoms with Gasteiger partial charge in [-0.1, -0.05) is 30.0 Å². The van der Waals surface area contributed by atoms with E-state index < -0.39 is 5.97 Å². The molecule has 35 heavy (non-hydrogen) atoms. The Balaban J connectivity index is 1.52. The SMILES string of the molecule is C=C(NOCCOc1ccc(Cc2sc(=O)[nH]c2O)cc1)c1c(C)c(OC(C)=O)c(C)c(C)c1O. The van der Waals surface area contributed by atoms with Crippen LogP contribution in [0.3, 0.4) is 0 Å². The Morgan fingerprint density at radius 1 is 1.09 bits per heavy atom. The number of phenols is 1. The minimum atomic E-state index is -0.452. The normalized spacial score (nSPS) is 10.7. The Morgan fingerprint density at radius 2 is 1.77 bits per heavy atom. The maximum absolute atomic E-state index is 11.5. The summed E-state index contributed by atoms with van der Waals surface area (Å²) in [5, 5.41) is 20.3. The van der Waals surface area contributed by atoms with Crippen LogP contribution in [-0.4, -0.2) is 34.4 Å². The molecule has 4 N–H and O–H groups in total. The van der Waals surface area contributed by atoms with Gasteiger partial charge in [-0.2, -0.15) is 0 Å². The molecule has 1 heterocycles. The minimum absolute atomic E-state index is 0.0357. The number of benzene rings is 2. The summed E-state index contributed by atoms with van der Waals surface area (Å²) in [6.45, 7) is 10.9. The average Bonchev–Trinajstić information content (AvgIpc) is 3.12. The standard InChI is InChI=1S/C25H28N2O7S/c1-13-14(2)23(34-17(5)28)15(3)21(22(13)29)16(4)27-33-11-10-32-19-8-6-18(7-9-19)12-20-24(30)26-25(31)35-20/h6-9,27,29-30H,4,10-12H2,1-3,5H3,(H,26,31). The number of H-pyrrole nitrogens is 1. The van der Waals surface area contributed by atoms with E-state index >= 15 is 0 Å². The van der Waals surface area contributed by atoms with Gasteiger partial charge in [-0.05, 0) is 49.6 Å². The third-order valence-electron chi connectivity index (χ3n) is 5.40. The lowest BCUT2D eigenvalue weighted by Gasteiger charge is -2.20. The number of carbonyl (C=O) groups excluding carboxylic acids is 1. The number of thiazole rings is 1. The number of rotatable bonds is 10. The fraction of sp³-hybridized carbons (Fsp3) is 0.280. The molecular formula is C25H28N2O7S. The highest BCUT2D eigenvalue weighted by Gasteiger charge is 2.21. The Hall–Kier alpha value is -3.76. The molecule has 10 heteroatoms. The summed E-state index contributed by atoms with van der Waals surface area (Å²) in [5.74, 6) is 0.508. The molecule has 0 bridgehead atoms. The second-order valence-corrected chi connectivity index (χ2v) is 8.97. The summed E-state index contributed by atoms with van der Waals surface area (Å²) in [5.41, 5.74) is 6.18. The van der Waals surface area contributed by atoms with Crippen molar-refractivity contribution in [3.8, 4) is 23.1 Å². The van der Waals surface area contributed by atoms with Crippen molar-refractivity contribution in [1.29, 1.82) is 0 Å². The van der Waals surface area contributed by atoms with E-state index in [0.717, 1.165) is 16.9 Å². The number of esters is 1. The van der Waals surface area contributed by atoms with Gasteiger partial charge < -0.3 is 19.7 Å². The maximum atomic E-state index is 11.5. The molecule has 0 saturated heterocycles. The van der Waals surface area contributed by atoms with Crippen molar-refractivity contribution in [2.75, 3.05) is 13.2 Å². The van der Waals surface area contributed by atoms with E-state index in [-0.39, 0.29) is 29.7 Å². The summed E-state index contributed by atoms with van der Waals surface area (Å²) in [7, 11) is 0. The summed E-state index contributed by atoms with van der Waals surface area (Å²) in [6, 6.07) is 7.29. The molecule has 0 radical (unpaired) electrons. The van der Waals surface area contributed by atoms with E-state index in [0.29, 0.717) is 50.7 Å². The number of ether oxygens (including phenoxy) is 2. The lowest BCUT2D eigenvalue weighted by Crippen LogP contribution is -2.18. The Kier molecular flexibility index (Phi) is 8.21. The average molecular weight is 501 g/mol. The number of hydroxylamine groups is 1. The lowest BCUT2D eigenvalue weighted by molar-refractivity contribution is -0.131. The van der Waals surface area contributed by atoms with Crippen molar-refractivity contribution in [2.24, 2.45) is 0 Å². The summed E-state index contributed by atoms with van der Waals surface area (Å²) >= 11 is 0.979. The van der Waals surface area contributed by atoms with Crippen LogP contribution < -0.4 is 19.8 Å². The first kappa shape index (κ1) is 25.9. The molecule has 0 aliphatic heterocycles. The number of carbonyl (C=O) groups is 1. The summed E-state index contributed by atoms with van der Waals surface area (Å²) in [6.07, 6.45) is 0.439. The van der Waals surface area contributed by atoms with Crippen molar-refractivity contribution in [2.45, 2.75) is 34.1 Å². The highest BCUT2D eigenvalue weighted by atomic mass is 32.1. The van der Waals surface area contributed by atoms with Crippen LogP contribution in [0.1, 0.15) is 39.6 Å².